The van der Waals surface area contributed by atoms with Gasteiger partial charge in [-0.05, 0) is 37.8 Å². The molecule has 2 fully saturated rings. The molecule has 0 N–H and O–H groups in total. The van der Waals surface area contributed by atoms with E-state index in [0.717, 1.165) is 13.1 Å². The Hall–Kier alpha value is -1.24. The zero-order chi connectivity index (χ0) is 15.7. The van der Waals surface area contributed by atoms with Gasteiger partial charge in [-0.15, -0.1) is 11.3 Å². The van der Waals surface area contributed by atoms with Crippen molar-refractivity contribution in [2.45, 2.75) is 32.4 Å². The third kappa shape index (κ3) is 3.49. The van der Waals surface area contributed by atoms with Gasteiger partial charge >= 0.3 is 0 Å². The molecule has 1 spiro atoms. The van der Waals surface area contributed by atoms with Gasteiger partial charge in [0.2, 0.25) is 0 Å². The van der Waals surface area contributed by atoms with E-state index in [9.17, 15) is 0 Å². The van der Waals surface area contributed by atoms with E-state index in [4.69, 9.17) is 0 Å². The molecule has 4 heterocycles. The molecule has 2 aliphatic heterocycles. The fourth-order valence-electron chi connectivity index (χ4n) is 4.27. The summed E-state index contributed by atoms with van der Waals surface area (Å²) in [5.41, 5.74) is 1.83. The fourth-order valence-corrected chi connectivity index (χ4v) is 4.93. The van der Waals surface area contributed by atoms with Crippen LogP contribution >= 0.6 is 11.3 Å². The molecule has 2 aromatic rings. The molecule has 6 heteroatoms. The smallest absolute Gasteiger partial charge is 0.107 e. The van der Waals surface area contributed by atoms with Gasteiger partial charge in [0.1, 0.15) is 5.01 Å². The molecule has 1 atom stereocenters. The highest BCUT2D eigenvalue weighted by molar-refractivity contribution is 7.09. The van der Waals surface area contributed by atoms with Crippen LogP contribution in [0, 0.1) is 5.41 Å². The van der Waals surface area contributed by atoms with Crippen molar-refractivity contribution in [2.75, 3.05) is 26.2 Å². The average molecular weight is 331 g/mol. The number of aromatic nitrogens is 3. The zero-order valence-electron chi connectivity index (χ0n) is 13.8. The lowest BCUT2D eigenvalue weighted by atomic mass is 9.79. The number of thiazole rings is 1. The molecule has 0 bridgehead atoms. The highest BCUT2D eigenvalue weighted by atomic mass is 32.1. The number of hydrogen-bond acceptors (Lipinski definition) is 5. The summed E-state index contributed by atoms with van der Waals surface area (Å²) in [7, 11) is 1.99. The van der Waals surface area contributed by atoms with Crippen LogP contribution in [-0.4, -0.2) is 50.7 Å². The second-order valence-corrected chi connectivity index (χ2v) is 8.20. The predicted molar refractivity (Wildman–Crippen MR) is 92.2 cm³/mol. The monoisotopic (exact) mass is 331 g/mol. The molecular formula is C17H25N5S. The van der Waals surface area contributed by atoms with Crippen LogP contribution in [0.4, 0.5) is 0 Å². The van der Waals surface area contributed by atoms with Crippen LogP contribution in [0.2, 0.25) is 0 Å². The molecule has 0 unspecified atom stereocenters. The van der Waals surface area contributed by atoms with E-state index in [1.807, 2.05) is 24.1 Å². The topological polar surface area (TPSA) is 37.2 Å². The minimum absolute atomic E-state index is 0.498. The Morgan fingerprint density at radius 2 is 2.04 bits per heavy atom. The highest BCUT2D eigenvalue weighted by Gasteiger charge is 2.41. The van der Waals surface area contributed by atoms with Crippen molar-refractivity contribution in [3.63, 3.8) is 0 Å². The second kappa shape index (κ2) is 6.34. The van der Waals surface area contributed by atoms with Crippen LogP contribution < -0.4 is 0 Å². The van der Waals surface area contributed by atoms with Gasteiger partial charge in [0.05, 0.1) is 12.7 Å². The lowest BCUT2D eigenvalue weighted by molar-refractivity contribution is 0.0866. The molecule has 0 amide bonds. The Kier molecular flexibility index (Phi) is 4.22. The van der Waals surface area contributed by atoms with Crippen LogP contribution in [-0.2, 0) is 20.1 Å². The average Bonchev–Trinajstić information content (AvgIpc) is 3.24. The largest absolute Gasteiger partial charge is 0.298 e. The minimum atomic E-state index is 0.498. The van der Waals surface area contributed by atoms with Crippen LogP contribution in [0.15, 0.2) is 24.0 Å². The van der Waals surface area contributed by atoms with E-state index in [-0.39, 0.29) is 0 Å². The number of aryl methyl sites for hydroxylation is 1. The number of likely N-dealkylation sites (tertiary alicyclic amines) is 2. The molecular weight excluding hydrogens is 306 g/mol. The Balaban J connectivity index is 1.37. The first-order valence-corrected chi connectivity index (χ1v) is 9.39. The summed E-state index contributed by atoms with van der Waals surface area (Å²) >= 11 is 1.78. The second-order valence-electron chi connectivity index (χ2n) is 7.22. The van der Waals surface area contributed by atoms with Gasteiger partial charge in [-0.3, -0.25) is 14.5 Å². The first kappa shape index (κ1) is 15.3. The summed E-state index contributed by atoms with van der Waals surface area (Å²) in [5, 5.41) is 7.64. The first-order valence-electron chi connectivity index (χ1n) is 8.51. The van der Waals surface area contributed by atoms with Crippen molar-refractivity contribution in [2.24, 2.45) is 12.5 Å². The Morgan fingerprint density at radius 3 is 2.78 bits per heavy atom. The van der Waals surface area contributed by atoms with Crippen molar-refractivity contribution in [3.05, 3.63) is 34.5 Å². The Labute approximate surface area is 141 Å². The quantitative estimate of drug-likeness (QED) is 0.862. The summed E-state index contributed by atoms with van der Waals surface area (Å²) in [6.07, 6.45) is 10.1. The van der Waals surface area contributed by atoms with E-state index >= 15 is 0 Å². The summed E-state index contributed by atoms with van der Waals surface area (Å²) in [6, 6.07) is 0. The van der Waals surface area contributed by atoms with Gasteiger partial charge in [0.15, 0.2) is 0 Å². The lowest BCUT2D eigenvalue weighted by Crippen LogP contribution is -2.44. The molecule has 2 aromatic heterocycles. The number of hydrogen-bond donors (Lipinski definition) is 0. The molecule has 2 aliphatic rings. The van der Waals surface area contributed by atoms with E-state index in [1.54, 1.807) is 11.3 Å². The molecule has 4 rings (SSSR count). The molecule has 2 saturated heterocycles. The molecule has 23 heavy (non-hydrogen) atoms. The minimum Gasteiger partial charge on any atom is -0.298 e. The molecule has 5 nitrogen and oxygen atoms in total. The third-order valence-corrected chi connectivity index (χ3v) is 6.03. The van der Waals surface area contributed by atoms with E-state index in [1.165, 1.54) is 56.0 Å². The van der Waals surface area contributed by atoms with Crippen molar-refractivity contribution in [1.29, 1.82) is 0 Å². The van der Waals surface area contributed by atoms with E-state index in [0.29, 0.717) is 5.41 Å². The summed E-state index contributed by atoms with van der Waals surface area (Å²) in [6.45, 7) is 6.99. The summed E-state index contributed by atoms with van der Waals surface area (Å²) < 4.78 is 1.90. The highest BCUT2D eigenvalue weighted by Crippen LogP contribution is 2.39. The normalized spacial score (nSPS) is 26.3. The summed E-state index contributed by atoms with van der Waals surface area (Å²) in [4.78, 5) is 9.68. The van der Waals surface area contributed by atoms with Gasteiger partial charge in [-0.25, -0.2) is 4.98 Å². The number of piperidine rings is 1. The van der Waals surface area contributed by atoms with Crippen LogP contribution in [0.25, 0.3) is 0 Å². The maximum atomic E-state index is 4.44. The Morgan fingerprint density at radius 1 is 1.17 bits per heavy atom. The van der Waals surface area contributed by atoms with Gasteiger partial charge in [0.25, 0.3) is 0 Å². The molecule has 0 aromatic carbocycles. The maximum Gasteiger partial charge on any atom is 0.107 e. The van der Waals surface area contributed by atoms with Gasteiger partial charge in [0, 0.05) is 50.0 Å². The van der Waals surface area contributed by atoms with Gasteiger partial charge < -0.3 is 0 Å². The predicted octanol–water partition coefficient (Wildman–Crippen LogP) is 2.36. The molecule has 124 valence electrons. The Bertz CT molecular complexity index is 637. The summed E-state index contributed by atoms with van der Waals surface area (Å²) in [5.74, 6) is 0. The number of nitrogens with zero attached hydrogens (tertiary/aromatic N) is 5. The van der Waals surface area contributed by atoms with Crippen LogP contribution in [0.5, 0.6) is 0 Å². The lowest BCUT2D eigenvalue weighted by Gasteiger charge is -2.40. The van der Waals surface area contributed by atoms with Gasteiger partial charge in [-0.1, -0.05) is 0 Å². The molecule has 0 radical (unpaired) electrons. The van der Waals surface area contributed by atoms with Crippen molar-refractivity contribution >= 4 is 11.3 Å². The molecule has 0 aliphatic carbocycles. The van der Waals surface area contributed by atoms with Crippen molar-refractivity contribution < 1.29 is 0 Å². The van der Waals surface area contributed by atoms with Crippen LogP contribution in [0.3, 0.4) is 0 Å². The van der Waals surface area contributed by atoms with Crippen LogP contribution in [0.1, 0.15) is 29.8 Å². The fraction of sp³-hybridized carbons (Fsp3) is 0.647. The standard InChI is InChI=1S/C17H25N5S/c1-20-10-15(9-19-20)11-21-6-2-3-17(13-21)4-7-22(14-17)12-16-18-5-8-23-16/h5,8-10H,2-4,6-7,11-14H2,1H3/t17-/m1/s1. The number of rotatable bonds is 4. The third-order valence-electron chi connectivity index (χ3n) is 5.26. The van der Waals surface area contributed by atoms with Crippen molar-refractivity contribution in [1.82, 2.24) is 24.6 Å². The van der Waals surface area contributed by atoms with E-state index < -0.39 is 0 Å². The zero-order valence-corrected chi connectivity index (χ0v) is 14.6. The molecule has 0 saturated carbocycles. The van der Waals surface area contributed by atoms with Gasteiger partial charge in [-0.2, -0.15) is 5.10 Å². The van der Waals surface area contributed by atoms with E-state index in [2.05, 4.69) is 31.5 Å². The maximum absolute atomic E-state index is 4.44. The van der Waals surface area contributed by atoms with Crippen molar-refractivity contribution in [3.8, 4) is 0 Å². The first-order chi connectivity index (χ1) is 11.2. The SMILES string of the molecule is Cn1cc(CN2CCC[C@@]3(CCN(Cc4nccs4)C3)C2)cn1.